The van der Waals surface area contributed by atoms with E-state index < -0.39 is 11.4 Å². The molecule has 0 fully saturated rings. The second-order valence-corrected chi connectivity index (χ2v) is 7.74. The van der Waals surface area contributed by atoms with Gasteiger partial charge in [-0.15, -0.1) is 0 Å². The van der Waals surface area contributed by atoms with Crippen molar-refractivity contribution >= 4 is 16.5 Å². The van der Waals surface area contributed by atoms with E-state index in [0.29, 0.717) is 23.3 Å². The molecular weight excluding hydrogens is 398 g/mol. The lowest BCUT2D eigenvalue weighted by Crippen LogP contribution is -2.28. The number of hydrogen-bond donors (Lipinski definition) is 3. The molecule has 0 aliphatic carbocycles. The van der Waals surface area contributed by atoms with Crippen LogP contribution < -0.4 is 16.2 Å². The largest absolute Gasteiger partial charge is 0.377 e. The predicted molar refractivity (Wildman–Crippen MR) is 116 cm³/mol. The van der Waals surface area contributed by atoms with Crippen LogP contribution in [0.2, 0.25) is 0 Å². The lowest BCUT2D eigenvalue weighted by atomic mass is 9.79. The Kier molecular flexibility index (Phi) is 4.75. The Hall–Kier alpha value is -3.58. The number of nitrogens with one attached hydrogen (secondary N) is 3. The van der Waals surface area contributed by atoms with Crippen molar-refractivity contribution in [2.75, 3.05) is 12.4 Å². The lowest BCUT2D eigenvalue weighted by molar-refractivity contribution is 0.611. The third-order valence-electron chi connectivity index (χ3n) is 5.74. The summed E-state index contributed by atoms with van der Waals surface area (Å²) in [5.41, 5.74) is 3.64. The van der Waals surface area contributed by atoms with E-state index in [1.165, 1.54) is 24.3 Å². The molecule has 156 valence electrons. The zero-order valence-electron chi connectivity index (χ0n) is 16.7. The van der Waals surface area contributed by atoms with Gasteiger partial charge in [-0.05, 0) is 48.0 Å². The summed E-state index contributed by atoms with van der Waals surface area (Å²) in [4.78, 5) is 12.4. The van der Waals surface area contributed by atoms with Gasteiger partial charge in [-0.1, -0.05) is 36.4 Å². The Bertz CT molecular complexity index is 1330. The minimum Gasteiger partial charge on any atom is -0.377 e. The van der Waals surface area contributed by atoms with Crippen LogP contribution in [0.25, 0.3) is 10.8 Å². The summed E-state index contributed by atoms with van der Waals surface area (Å²) in [5.74, 6) is -1.12. The number of H-pyrrole nitrogens is 1. The number of nitrogens with zero attached hydrogens (tertiary/aromatic N) is 1. The van der Waals surface area contributed by atoms with Crippen LogP contribution in [0, 0.1) is 11.6 Å². The van der Waals surface area contributed by atoms with Crippen molar-refractivity contribution in [3.8, 4) is 0 Å². The Balaban J connectivity index is 1.77. The van der Waals surface area contributed by atoms with Crippen LogP contribution in [0.3, 0.4) is 0 Å². The Morgan fingerprint density at radius 1 is 1.00 bits per heavy atom. The van der Waals surface area contributed by atoms with E-state index in [1.54, 1.807) is 12.1 Å². The molecule has 3 aromatic carbocycles. The van der Waals surface area contributed by atoms with Crippen LogP contribution in [-0.2, 0) is 6.54 Å². The molecule has 1 aliphatic heterocycles. The normalized spacial score (nSPS) is 17.5. The Morgan fingerprint density at radius 2 is 1.81 bits per heavy atom. The Morgan fingerprint density at radius 3 is 2.58 bits per heavy atom. The van der Waals surface area contributed by atoms with Crippen LogP contribution in [0.5, 0.6) is 0 Å². The van der Waals surface area contributed by atoms with Gasteiger partial charge in [0.1, 0.15) is 11.6 Å². The van der Waals surface area contributed by atoms with Crippen molar-refractivity contribution < 1.29 is 8.78 Å². The average molecular weight is 418 g/mol. The van der Waals surface area contributed by atoms with Crippen LogP contribution in [0.4, 0.5) is 14.5 Å². The van der Waals surface area contributed by atoms with Crippen molar-refractivity contribution in [1.29, 1.82) is 0 Å². The molecule has 5 nitrogen and oxygen atoms in total. The molecule has 5 rings (SSSR count). The van der Waals surface area contributed by atoms with Crippen molar-refractivity contribution in [1.82, 2.24) is 15.5 Å². The predicted octanol–water partition coefficient (Wildman–Crippen LogP) is 4.22. The van der Waals surface area contributed by atoms with E-state index in [0.717, 1.165) is 16.7 Å². The molecule has 1 aromatic heterocycles. The fraction of sp³-hybridized carbons (Fsp3) is 0.167. The molecule has 2 unspecified atom stereocenters. The van der Waals surface area contributed by atoms with E-state index in [9.17, 15) is 13.6 Å². The average Bonchev–Trinajstić information content (AvgIpc) is 2.76. The molecule has 0 bridgehead atoms. The summed E-state index contributed by atoms with van der Waals surface area (Å²) in [7, 11) is 1.88. The van der Waals surface area contributed by atoms with Crippen molar-refractivity contribution in [2.45, 2.75) is 18.5 Å². The molecule has 0 saturated carbocycles. The number of benzene rings is 3. The molecule has 3 N–H and O–H groups in total. The van der Waals surface area contributed by atoms with E-state index in [4.69, 9.17) is 0 Å². The standard InChI is InChI=1S/C24H20F2N4O/c1-27-12-13-3-2-4-15(9-13)20-22(14-5-7-16(25)8-6-14)28-19-11-17(26)10-18-21(19)23(20)29-30-24(18)31/h2-11,20,22,27-28H,12H2,1H3,(H,30,31). The molecule has 0 saturated heterocycles. The molecule has 7 heteroatoms. The van der Waals surface area contributed by atoms with Gasteiger partial charge in [0.15, 0.2) is 0 Å². The first-order valence-electron chi connectivity index (χ1n) is 10.0. The summed E-state index contributed by atoms with van der Waals surface area (Å²) in [6.45, 7) is 0.700. The second-order valence-electron chi connectivity index (χ2n) is 7.74. The topological polar surface area (TPSA) is 69.8 Å². The first kappa shape index (κ1) is 19.4. The van der Waals surface area contributed by atoms with Gasteiger partial charge in [-0.2, -0.15) is 5.10 Å². The second kappa shape index (κ2) is 7.59. The molecule has 2 atom stereocenters. The monoisotopic (exact) mass is 418 g/mol. The van der Waals surface area contributed by atoms with Gasteiger partial charge >= 0.3 is 0 Å². The van der Waals surface area contributed by atoms with Gasteiger partial charge in [-0.25, -0.2) is 13.9 Å². The first-order valence-corrected chi connectivity index (χ1v) is 10.0. The summed E-state index contributed by atoms with van der Waals surface area (Å²) in [6, 6.07) is 16.6. The molecule has 31 heavy (non-hydrogen) atoms. The fourth-order valence-electron chi connectivity index (χ4n) is 4.43. The van der Waals surface area contributed by atoms with Crippen molar-refractivity contribution in [2.24, 2.45) is 0 Å². The Labute approximate surface area is 177 Å². The minimum atomic E-state index is -0.509. The van der Waals surface area contributed by atoms with Gasteiger partial charge in [0.25, 0.3) is 5.56 Å². The number of aromatic amines is 1. The van der Waals surface area contributed by atoms with E-state index in [1.807, 2.05) is 25.2 Å². The van der Waals surface area contributed by atoms with Gasteiger partial charge < -0.3 is 10.6 Å². The number of aromatic nitrogens is 2. The number of halogens is 2. The summed E-state index contributed by atoms with van der Waals surface area (Å²) in [6.07, 6.45) is 0. The van der Waals surface area contributed by atoms with Crippen LogP contribution in [0.15, 0.2) is 65.5 Å². The summed E-state index contributed by atoms with van der Waals surface area (Å²) in [5, 5.41) is 14.3. The molecule has 4 aromatic rings. The third kappa shape index (κ3) is 3.37. The highest BCUT2D eigenvalue weighted by molar-refractivity contribution is 5.97. The van der Waals surface area contributed by atoms with Crippen LogP contribution >= 0.6 is 0 Å². The number of hydrogen-bond acceptors (Lipinski definition) is 4. The smallest absolute Gasteiger partial charge is 0.272 e. The maximum absolute atomic E-state index is 14.3. The molecule has 0 spiro atoms. The van der Waals surface area contributed by atoms with Gasteiger partial charge in [0, 0.05) is 17.6 Å². The molecule has 0 radical (unpaired) electrons. The fourth-order valence-corrected chi connectivity index (χ4v) is 4.43. The molecular formula is C24H20F2N4O. The van der Waals surface area contributed by atoms with Crippen molar-refractivity contribution in [3.63, 3.8) is 0 Å². The van der Waals surface area contributed by atoms with Gasteiger partial charge in [0.2, 0.25) is 0 Å². The maximum Gasteiger partial charge on any atom is 0.272 e. The highest BCUT2D eigenvalue weighted by Gasteiger charge is 2.35. The minimum absolute atomic E-state index is 0.251. The van der Waals surface area contributed by atoms with Gasteiger partial charge in [-0.3, -0.25) is 4.79 Å². The van der Waals surface area contributed by atoms with Crippen LogP contribution in [0.1, 0.15) is 34.3 Å². The highest BCUT2D eigenvalue weighted by Crippen LogP contribution is 2.46. The highest BCUT2D eigenvalue weighted by atomic mass is 19.1. The molecule has 2 heterocycles. The van der Waals surface area contributed by atoms with E-state index in [-0.39, 0.29) is 23.2 Å². The number of rotatable bonds is 4. The van der Waals surface area contributed by atoms with E-state index >= 15 is 0 Å². The zero-order chi connectivity index (χ0) is 21.5. The quantitative estimate of drug-likeness (QED) is 0.464. The maximum atomic E-state index is 14.3. The third-order valence-corrected chi connectivity index (χ3v) is 5.74. The first-order chi connectivity index (χ1) is 15.0. The zero-order valence-corrected chi connectivity index (χ0v) is 16.7. The van der Waals surface area contributed by atoms with Crippen molar-refractivity contribution in [3.05, 3.63) is 105 Å². The number of anilines is 1. The van der Waals surface area contributed by atoms with Crippen LogP contribution in [-0.4, -0.2) is 17.2 Å². The SMILES string of the molecule is CNCc1cccc(C2c3n[nH]c(=O)c4cc(F)cc(c34)NC2c2ccc(F)cc2)c1. The lowest BCUT2D eigenvalue weighted by Gasteiger charge is -2.35. The summed E-state index contributed by atoms with van der Waals surface area (Å²) < 4.78 is 27.9. The van der Waals surface area contributed by atoms with Gasteiger partial charge in [0.05, 0.1) is 23.0 Å². The molecule has 0 amide bonds. The van der Waals surface area contributed by atoms with E-state index in [2.05, 4.69) is 26.9 Å². The molecule has 1 aliphatic rings. The summed E-state index contributed by atoms with van der Waals surface area (Å²) >= 11 is 0.